The highest BCUT2D eigenvalue weighted by molar-refractivity contribution is 5.33. The molecule has 2 nitrogen and oxygen atoms in total. The number of nitrogens with one attached hydrogen (secondary N) is 1. The van der Waals surface area contributed by atoms with Crippen molar-refractivity contribution in [3.8, 4) is 5.75 Å². The zero-order valence-electron chi connectivity index (χ0n) is 10.4. The molecule has 1 atom stereocenters. The summed E-state index contributed by atoms with van der Waals surface area (Å²) >= 11 is 0. The van der Waals surface area contributed by atoms with Crippen LogP contribution < -0.4 is 10.1 Å². The summed E-state index contributed by atoms with van der Waals surface area (Å²) in [6.45, 7) is 5.00. The topological polar surface area (TPSA) is 21.3 Å². The van der Waals surface area contributed by atoms with Crippen molar-refractivity contribution in [3.63, 3.8) is 0 Å². The van der Waals surface area contributed by atoms with Gasteiger partial charge in [0.25, 0.3) is 0 Å². The number of rotatable bonds is 5. The van der Waals surface area contributed by atoms with E-state index >= 15 is 0 Å². The van der Waals surface area contributed by atoms with E-state index in [1.807, 2.05) is 7.05 Å². The molecular formula is C14H21NO. The minimum Gasteiger partial charge on any atom is -0.492 e. The first-order chi connectivity index (χ1) is 7.69. The lowest BCUT2D eigenvalue weighted by Gasteiger charge is -2.16. The average Bonchev–Trinajstić information content (AvgIpc) is 3.01. The highest BCUT2D eigenvalue weighted by atomic mass is 16.5. The van der Waals surface area contributed by atoms with Crippen molar-refractivity contribution in [2.45, 2.75) is 32.7 Å². The molecule has 1 aliphatic rings. The summed E-state index contributed by atoms with van der Waals surface area (Å²) < 4.78 is 5.86. The Balaban J connectivity index is 1.92. The summed E-state index contributed by atoms with van der Waals surface area (Å²) in [6.07, 6.45) is 2.70. The van der Waals surface area contributed by atoms with Gasteiger partial charge in [-0.15, -0.1) is 0 Å². The molecule has 2 heteroatoms. The fourth-order valence-corrected chi connectivity index (χ4v) is 2.16. The maximum atomic E-state index is 5.86. The number of benzene rings is 1. The second-order valence-electron chi connectivity index (χ2n) is 4.87. The molecule has 0 spiro atoms. The molecule has 1 fully saturated rings. The van der Waals surface area contributed by atoms with Gasteiger partial charge in [-0.1, -0.05) is 6.07 Å². The van der Waals surface area contributed by atoms with Crippen LogP contribution in [0, 0.1) is 19.8 Å². The van der Waals surface area contributed by atoms with Gasteiger partial charge in [0.1, 0.15) is 12.4 Å². The van der Waals surface area contributed by atoms with E-state index in [1.54, 1.807) is 0 Å². The first-order valence-electron chi connectivity index (χ1n) is 6.07. The van der Waals surface area contributed by atoms with Crippen LogP contribution in [0.5, 0.6) is 5.75 Å². The van der Waals surface area contributed by atoms with Crippen molar-refractivity contribution in [2.75, 3.05) is 13.7 Å². The standard InChI is InChI=1S/C14H21NO/c1-10-6-11(2)8-13(7-10)16-9-14(15-3)12-4-5-12/h6-8,12,14-15H,4-5,9H2,1-3H3. The molecular weight excluding hydrogens is 198 g/mol. The molecule has 1 N–H and O–H groups in total. The van der Waals surface area contributed by atoms with Gasteiger partial charge >= 0.3 is 0 Å². The molecule has 0 heterocycles. The molecule has 0 saturated heterocycles. The third-order valence-electron chi connectivity index (χ3n) is 3.19. The summed E-state index contributed by atoms with van der Waals surface area (Å²) in [5.41, 5.74) is 2.53. The second kappa shape index (κ2) is 4.88. The van der Waals surface area contributed by atoms with Crippen LogP contribution in [0.4, 0.5) is 0 Å². The van der Waals surface area contributed by atoms with Gasteiger partial charge in [-0.2, -0.15) is 0 Å². The lowest BCUT2D eigenvalue weighted by atomic mass is 10.1. The summed E-state index contributed by atoms with van der Waals surface area (Å²) in [5, 5.41) is 3.34. The fourth-order valence-electron chi connectivity index (χ4n) is 2.16. The molecule has 1 aromatic carbocycles. The van der Waals surface area contributed by atoms with Gasteiger partial charge in [-0.05, 0) is 62.9 Å². The van der Waals surface area contributed by atoms with Crippen LogP contribution in [-0.4, -0.2) is 19.7 Å². The summed E-state index contributed by atoms with van der Waals surface area (Å²) in [7, 11) is 2.02. The Morgan fingerprint density at radius 3 is 2.38 bits per heavy atom. The van der Waals surface area contributed by atoms with Crippen LogP contribution in [0.1, 0.15) is 24.0 Å². The molecule has 88 valence electrons. The molecule has 1 unspecified atom stereocenters. The molecule has 0 aliphatic heterocycles. The van der Waals surface area contributed by atoms with Gasteiger partial charge in [-0.3, -0.25) is 0 Å². The van der Waals surface area contributed by atoms with E-state index in [2.05, 4.69) is 37.4 Å². The zero-order chi connectivity index (χ0) is 11.5. The Kier molecular flexibility index (Phi) is 3.49. The van der Waals surface area contributed by atoms with E-state index in [1.165, 1.54) is 24.0 Å². The van der Waals surface area contributed by atoms with E-state index in [9.17, 15) is 0 Å². The Bertz CT molecular complexity index is 338. The molecule has 0 bridgehead atoms. The zero-order valence-corrected chi connectivity index (χ0v) is 10.4. The Labute approximate surface area is 98.0 Å². The van der Waals surface area contributed by atoms with Gasteiger partial charge < -0.3 is 10.1 Å². The van der Waals surface area contributed by atoms with Crippen molar-refractivity contribution in [1.82, 2.24) is 5.32 Å². The fraction of sp³-hybridized carbons (Fsp3) is 0.571. The molecule has 2 rings (SSSR count). The molecule has 0 aromatic heterocycles. The normalized spacial score (nSPS) is 17.2. The number of aryl methyl sites for hydroxylation is 2. The van der Waals surface area contributed by atoms with Crippen molar-refractivity contribution >= 4 is 0 Å². The molecule has 1 aliphatic carbocycles. The highest BCUT2D eigenvalue weighted by Crippen LogP contribution is 2.32. The van der Waals surface area contributed by atoms with Gasteiger partial charge in [0, 0.05) is 6.04 Å². The van der Waals surface area contributed by atoms with E-state index < -0.39 is 0 Å². The quantitative estimate of drug-likeness (QED) is 0.822. The Hall–Kier alpha value is -1.02. The third kappa shape index (κ3) is 2.99. The van der Waals surface area contributed by atoms with E-state index in [-0.39, 0.29) is 0 Å². The summed E-state index contributed by atoms with van der Waals surface area (Å²) in [6, 6.07) is 6.89. The smallest absolute Gasteiger partial charge is 0.119 e. The van der Waals surface area contributed by atoms with Crippen molar-refractivity contribution in [2.24, 2.45) is 5.92 Å². The molecule has 1 saturated carbocycles. The van der Waals surface area contributed by atoms with Gasteiger partial charge in [0.2, 0.25) is 0 Å². The largest absolute Gasteiger partial charge is 0.492 e. The first kappa shape index (κ1) is 11.5. The predicted molar refractivity (Wildman–Crippen MR) is 67.0 cm³/mol. The van der Waals surface area contributed by atoms with E-state index in [0.717, 1.165) is 18.3 Å². The minimum absolute atomic E-state index is 0.515. The molecule has 1 aromatic rings. The lowest BCUT2D eigenvalue weighted by molar-refractivity contribution is 0.256. The highest BCUT2D eigenvalue weighted by Gasteiger charge is 2.30. The van der Waals surface area contributed by atoms with Gasteiger partial charge in [0.05, 0.1) is 0 Å². The first-order valence-corrected chi connectivity index (χ1v) is 6.07. The Morgan fingerprint density at radius 1 is 1.25 bits per heavy atom. The van der Waals surface area contributed by atoms with Gasteiger partial charge in [-0.25, -0.2) is 0 Å². The molecule has 0 amide bonds. The van der Waals surface area contributed by atoms with Gasteiger partial charge in [0.15, 0.2) is 0 Å². The van der Waals surface area contributed by atoms with Crippen molar-refractivity contribution < 1.29 is 4.74 Å². The number of hydrogen-bond acceptors (Lipinski definition) is 2. The van der Waals surface area contributed by atoms with Crippen LogP contribution in [0.2, 0.25) is 0 Å². The van der Waals surface area contributed by atoms with Crippen LogP contribution in [0.3, 0.4) is 0 Å². The molecule has 16 heavy (non-hydrogen) atoms. The summed E-state index contributed by atoms with van der Waals surface area (Å²) in [5.74, 6) is 1.83. The monoisotopic (exact) mass is 219 g/mol. The third-order valence-corrected chi connectivity index (χ3v) is 3.19. The average molecular weight is 219 g/mol. The maximum Gasteiger partial charge on any atom is 0.119 e. The number of hydrogen-bond donors (Lipinski definition) is 1. The van der Waals surface area contributed by atoms with Crippen LogP contribution in [-0.2, 0) is 0 Å². The van der Waals surface area contributed by atoms with E-state index in [0.29, 0.717) is 6.04 Å². The van der Waals surface area contributed by atoms with E-state index in [4.69, 9.17) is 4.74 Å². The molecule has 0 radical (unpaired) electrons. The SMILES string of the molecule is CNC(COc1cc(C)cc(C)c1)C1CC1. The van der Waals surface area contributed by atoms with Crippen LogP contribution in [0.15, 0.2) is 18.2 Å². The number of ether oxygens (including phenoxy) is 1. The summed E-state index contributed by atoms with van der Waals surface area (Å²) in [4.78, 5) is 0. The van der Waals surface area contributed by atoms with Crippen LogP contribution >= 0.6 is 0 Å². The maximum absolute atomic E-state index is 5.86. The lowest BCUT2D eigenvalue weighted by Crippen LogP contribution is -2.33. The number of likely N-dealkylation sites (N-methyl/N-ethyl adjacent to an activating group) is 1. The predicted octanol–water partition coefficient (Wildman–Crippen LogP) is 2.68. The second-order valence-corrected chi connectivity index (χ2v) is 4.87. The van der Waals surface area contributed by atoms with Crippen molar-refractivity contribution in [1.29, 1.82) is 0 Å². The van der Waals surface area contributed by atoms with Crippen molar-refractivity contribution in [3.05, 3.63) is 29.3 Å². The van der Waals surface area contributed by atoms with Crippen LogP contribution in [0.25, 0.3) is 0 Å². The minimum atomic E-state index is 0.515. The Morgan fingerprint density at radius 2 is 1.88 bits per heavy atom.